The fraction of sp³-hybridized carbons (Fsp3) is 0.636. The van der Waals surface area contributed by atoms with Crippen molar-refractivity contribution in [3.63, 3.8) is 0 Å². The van der Waals surface area contributed by atoms with Crippen LogP contribution in [0.15, 0.2) is 24.3 Å². The minimum Gasteiger partial charge on any atom is -0.345 e. The minimum atomic E-state index is -0.0433. The van der Waals surface area contributed by atoms with Crippen molar-refractivity contribution in [1.29, 1.82) is 0 Å². The summed E-state index contributed by atoms with van der Waals surface area (Å²) in [5.74, 6) is 0.175. The number of nitrogens with one attached hydrogen (secondary N) is 1. The summed E-state index contributed by atoms with van der Waals surface area (Å²) in [6, 6.07) is 8.25. The Bertz CT molecular complexity index is 643. The van der Waals surface area contributed by atoms with Gasteiger partial charge in [0.05, 0.1) is 5.92 Å². The van der Waals surface area contributed by atoms with E-state index >= 15 is 0 Å². The molecule has 0 radical (unpaired) electrons. The first-order chi connectivity index (χ1) is 13.1. The van der Waals surface area contributed by atoms with Crippen LogP contribution in [0.3, 0.4) is 0 Å². The van der Waals surface area contributed by atoms with Crippen LogP contribution in [0, 0.1) is 12.8 Å². The molecule has 1 saturated carbocycles. The minimum absolute atomic E-state index is 0.0258. The summed E-state index contributed by atoms with van der Waals surface area (Å²) in [5, 5.41) is 3.09. The van der Waals surface area contributed by atoms with Gasteiger partial charge in [-0.3, -0.25) is 4.79 Å². The van der Waals surface area contributed by atoms with E-state index in [1.54, 1.807) is 0 Å². The maximum Gasteiger partial charge on any atom is 0.317 e. The van der Waals surface area contributed by atoms with Crippen molar-refractivity contribution < 1.29 is 9.59 Å². The molecule has 27 heavy (non-hydrogen) atoms. The molecule has 0 spiro atoms. The van der Waals surface area contributed by atoms with Crippen LogP contribution in [-0.4, -0.2) is 47.9 Å². The molecule has 2 fully saturated rings. The molecule has 3 rings (SSSR count). The molecular formula is C22H33N3O2. The van der Waals surface area contributed by atoms with E-state index in [1.165, 1.54) is 5.56 Å². The van der Waals surface area contributed by atoms with E-state index in [4.69, 9.17) is 0 Å². The average molecular weight is 372 g/mol. The molecular weight excluding hydrogens is 338 g/mol. The Morgan fingerprint density at radius 2 is 1.74 bits per heavy atom. The Morgan fingerprint density at radius 3 is 2.48 bits per heavy atom. The first kappa shape index (κ1) is 19.7. The Hall–Kier alpha value is -2.04. The third-order valence-corrected chi connectivity index (χ3v) is 6.04. The predicted molar refractivity (Wildman–Crippen MR) is 107 cm³/mol. The van der Waals surface area contributed by atoms with E-state index in [2.05, 4.69) is 36.5 Å². The first-order valence-corrected chi connectivity index (χ1v) is 10.4. The lowest BCUT2D eigenvalue weighted by molar-refractivity contribution is -0.135. The number of carbonyl (C=O) groups is 2. The summed E-state index contributed by atoms with van der Waals surface area (Å²) < 4.78 is 0. The molecule has 5 heteroatoms. The second-order valence-corrected chi connectivity index (χ2v) is 8.12. The number of amides is 3. The molecule has 0 aromatic heterocycles. The van der Waals surface area contributed by atoms with Gasteiger partial charge >= 0.3 is 6.03 Å². The van der Waals surface area contributed by atoms with Gasteiger partial charge in [-0.1, -0.05) is 49.1 Å². The summed E-state index contributed by atoms with van der Waals surface area (Å²) in [6.07, 6.45) is 7.15. The highest BCUT2D eigenvalue weighted by molar-refractivity contribution is 5.81. The molecule has 1 aliphatic carbocycles. The summed E-state index contributed by atoms with van der Waals surface area (Å²) >= 11 is 0. The molecule has 1 N–H and O–H groups in total. The van der Waals surface area contributed by atoms with Crippen molar-refractivity contribution in [2.75, 3.05) is 20.1 Å². The fourth-order valence-corrected chi connectivity index (χ4v) is 4.38. The number of nitrogens with zero attached hydrogens (tertiary/aromatic N) is 2. The van der Waals surface area contributed by atoms with E-state index in [0.717, 1.165) is 63.6 Å². The van der Waals surface area contributed by atoms with Crippen molar-refractivity contribution >= 4 is 11.9 Å². The lowest BCUT2D eigenvalue weighted by atomic mass is 10.00. The van der Waals surface area contributed by atoms with Gasteiger partial charge in [0.25, 0.3) is 0 Å². The second-order valence-electron chi connectivity index (χ2n) is 8.12. The van der Waals surface area contributed by atoms with Gasteiger partial charge in [0, 0.05) is 32.7 Å². The highest BCUT2D eigenvalue weighted by Gasteiger charge is 2.39. The Kier molecular flexibility index (Phi) is 6.75. The first-order valence-electron chi connectivity index (χ1n) is 10.4. The largest absolute Gasteiger partial charge is 0.345 e. The van der Waals surface area contributed by atoms with E-state index in [-0.39, 0.29) is 23.9 Å². The van der Waals surface area contributed by atoms with Crippen molar-refractivity contribution in [3.8, 4) is 0 Å². The van der Waals surface area contributed by atoms with Crippen molar-refractivity contribution in [2.45, 2.75) is 64.5 Å². The number of urea groups is 1. The van der Waals surface area contributed by atoms with Crippen molar-refractivity contribution in [3.05, 3.63) is 35.4 Å². The molecule has 5 nitrogen and oxygen atoms in total. The highest BCUT2D eigenvalue weighted by Crippen LogP contribution is 2.32. The van der Waals surface area contributed by atoms with E-state index in [9.17, 15) is 9.59 Å². The second kappa shape index (κ2) is 9.25. The molecule has 2 atom stereocenters. The number of hydrogen-bond donors (Lipinski definition) is 1. The topological polar surface area (TPSA) is 52.7 Å². The smallest absolute Gasteiger partial charge is 0.317 e. The monoisotopic (exact) mass is 371 g/mol. The third kappa shape index (κ3) is 5.02. The van der Waals surface area contributed by atoms with Gasteiger partial charge in [-0.2, -0.15) is 0 Å². The van der Waals surface area contributed by atoms with E-state index in [0.29, 0.717) is 6.54 Å². The maximum absolute atomic E-state index is 13.0. The van der Waals surface area contributed by atoms with Crippen LogP contribution in [0.4, 0.5) is 4.79 Å². The highest BCUT2D eigenvalue weighted by atomic mass is 16.2. The molecule has 1 aromatic carbocycles. The van der Waals surface area contributed by atoms with Crippen LogP contribution >= 0.6 is 0 Å². The van der Waals surface area contributed by atoms with Crippen LogP contribution in [0.25, 0.3) is 0 Å². The van der Waals surface area contributed by atoms with Crippen LogP contribution in [0.2, 0.25) is 0 Å². The zero-order valence-corrected chi connectivity index (χ0v) is 16.7. The standard InChI is InChI=1S/C22H33N3O2/c1-17-10-12-18(13-11-17)16-23-22(27)25-15-6-4-3-5-14-24(2)21(26)19-8-7-9-20(19)25/h10-13,19-20H,3-9,14-16H2,1-2H3,(H,23,27)/t19-,20+/m1/s1. The fourth-order valence-electron chi connectivity index (χ4n) is 4.38. The number of rotatable bonds is 2. The van der Waals surface area contributed by atoms with Crippen LogP contribution in [-0.2, 0) is 11.3 Å². The molecule has 0 bridgehead atoms. The number of carbonyl (C=O) groups excluding carboxylic acids is 2. The number of benzene rings is 1. The molecule has 3 amide bonds. The molecule has 1 aromatic rings. The molecule has 1 saturated heterocycles. The number of hydrogen-bond acceptors (Lipinski definition) is 2. The molecule has 2 aliphatic rings. The van der Waals surface area contributed by atoms with Gasteiger partial charge in [-0.05, 0) is 38.2 Å². The molecule has 148 valence electrons. The maximum atomic E-state index is 13.0. The van der Waals surface area contributed by atoms with Crippen LogP contribution in [0.5, 0.6) is 0 Å². The lowest BCUT2D eigenvalue weighted by Gasteiger charge is -2.34. The van der Waals surface area contributed by atoms with Crippen LogP contribution < -0.4 is 5.32 Å². The summed E-state index contributed by atoms with van der Waals surface area (Å²) in [6.45, 7) is 4.17. The van der Waals surface area contributed by atoms with Crippen LogP contribution in [0.1, 0.15) is 56.1 Å². The van der Waals surface area contributed by atoms with E-state index < -0.39 is 0 Å². The van der Waals surface area contributed by atoms with Crippen molar-refractivity contribution in [1.82, 2.24) is 15.1 Å². The van der Waals surface area contributed by atoms with Gasteiger partial charge in [0.1, 0.15) is 0 Å². The summed E-state index contributed by atoms with van der Waals surface area (Å²) in [4.78, 5) is 29.8. The van der Waals surface area contributed by atoms with Gasteiger partial charge in [0.2, 0.25) is 5.91 Å². The van der Waals surface area contributed by atoms with E-state index in [1.807, 2.05) is 16.8 Å². The normalized spacial score (nSPS) is 24.3. The average Bonchev–Trinajstić information content (AvgIpc) is 3.14. The Balaban J connectivity index is 1.70. The summed E-state index contributed by atoms with van der Waals surface area (Å²) in [5.41, 5.74) is 2.32. The van der Waals surface area contributed by atoms with Gasteiger partial charge < -0.3 is 15.1 Å². The summed E-state index contributed by atoms with van der Waals surface area (Å²) in [7, 11) is 1.91. The number of aryl methyl sites for hydroxylation is 1. The van der Waals surface area contributed by atoms with Gasteiger partial charge in [0.15, 0.2) is 0 Å². The predicted octanol–water partition coefficient (Wildman–Crippen LogP) is 3.71. The van der Waals surface area contributed by atoms with Gasteiger partial charge in [-0.25, -0.2) is 4.79 Å². The Labute approximate surface area is 163 Å². The zero-order chi connectivity index (χ0) is 19.2. The SMILES string of the molecule is Cc1ccc(CNC(=O)N2CCCCCCN(C)C(=O)[C@@H]3CCC[C@@H]32)cc1. The van der Waals surface area contributed by atoms with Crippen molar-refractivity contribution in [2.24, 2.45) is 5.92 Å². The number of fused-ring (bicyclic) bond motifs is 1. The molecule has 1 aliphatic heterocycles. The third-order valence-electron chi connectivity index (χ3n) is 6.04. The Morgan fingerprint density at radius 1 is 1.04 bits per heavy atom. The quantitative estimate of drug-likeness (QED) is 0.862. The molecule has 1 heterocycles. The zero-order valence-electron chi connectivity index (χ0n) is 16.7. The molecule has 0 unspecified atom stereocenters. The van der Waals surface area contributed by atoms with Gasteiger partial charge in [-0.15, -0.1) is 0 Å². The lowest BCUT2D eigenvalue weighted by Crippen LogP contribution is -2.50.